The zero-order chi connectivity index (χ0) is 15.5. The average molecular weight is 347 g/mol. The number of nitrogens with zero attached hydrogens (tertiary/aromatic N) is 1. The molecule has 0 aliphatic heterocycles. The van der Waals surface area contributed by atoms with Crippen LogP contribution < -0.4 is 5.73 Å². The molecule has 110 valence electrons. The van der Waals surface area contributed by atoms with Gasteiger partial charge in [-0.1, -0.05) is 0 Å². The van der Waals surface area contributed by atoms with Crippen LogP contribution in [0.25, 0.3) is 0 Å². The molecule has 0 unspecified atom stereocenters. The Morgan fingerprint density at radius 2 is 1.90 bits per heavy atom. The monoisotopic (exact) mass is 346 g/mol. The van der Waals surface area contributed by atoms with Gasteiger partial charge in [-0.25, -0.2) is 4.79 Å². The van der Waals surface area contributed by atoms with Crippen molar-refractivity contribution in [3.8, 4) is 0 Å². The van der Waals surface area contributed by atoms with E-state index in [0.29, 0.717) is 4.60 Å². The van der Waals surface area contributed by atoms with Crippen LogP contribution in [0.15, 0.2) is 16.7 Å². The van der Waals surface area contributed by atoms with E-state index >= 15 is 0 Å². The first-order valence-electron chi connectivity index (χ1n) is 5.60. The van der Waals surface area contributed by atoms with E-state index < -0.39 is 23.4 Å². The van der Waals surface area contributed by atoms with Gasteiger partial charge in [-0.15, -0.1) is 0 Å². The minimum atomic E-state index is -1.45. The molecule has 0 aromatic carbocycles. The Morgan fingerprint density at radius 1 is 1.30 bits per heavy atom. The van der Waals surface area contributed by atoms with Gasteiger partial charge in [0.2, 0.25) is 0 Å². The maximum atomic E-state index is 12.1. The minimum Gasteiger partial charge on any atom is -0.469 e. The summed E-state index contributed by atoms with van der Waals surface area (Å²) in [4.78, 5) is 35.1. The van der Waals surface area contributed by atoms with Crippen molar-refractivity contribution in [2.75, 3.05) is 14.2 Å². The molecule has 0 radical (unpaired) electrons. The molecule has 0 spiro atoms. The summed E-state index contributed by atoms with van der Waals surface area (Å²) in [6.07, 6.45) is -0.302. The molecule has 0 saturated carbocycles. The molecule has 8 heteroatoms. The van der Waals surface area contributed by atoms with Crippen molar-refractivity contribution in [1.29, 1.82) is 0 Å². The van der Waals surface area contributed by atoms with Crippen molar-refractivity contribution in [3.05, 3.63) is 22.4 Å². The molecule has 1 amide bonds. The number of carbonyl (C=O) groups excluding carboxylic acids is 3. The Labute approximate surface area is 124 Å². The highest BCUT2D eigenvalue weighted by molar-refractivity contribution is 9.10. The molecule has 1 aromatic rings. The lowest BCUT2D eigenvalue weighted by molar-refractivity contribution is -0.157. The second kappa shape index (κ2) is 6.08. The summed E-state index contributed by atoms with van der Waals surface area (Å²) in [5, 5.41) is 0. The highest BCUT2D eigenvalue weighted by Crippen LogP contribution is 2.30. The number of methoxy groups -OCH3 is 2. The summed E-state index contributed by atoms with van der Waals surface area (Å²) in [5.41, 5.74) is 3.91. The van der Waals surface area contributed by atoms with E-state index in [2.05, 4.69) is 20.7 Å². The van der Waals surface area contributed by atoms with E-state index in [-0.39, 0.29) is 12.1 Å². The Hall–Kier alpha value is -1.83. The first-order valence-corrected chi connectivity index (χ1v) is 6.40. The SMILES string of the molecule is COC(=O)C[C@@](C)(C(=O)OC)n1c(Br)ccc1C(N)=O. The summed E-state index contributed by atoms with van der Waals surface area (Å²) in [5.74, 6) is -2.04. The number of nitrogens with two attached hydrogens (primary N) is 1. The van der Waals surface area contributed by atoms with Gasteiger partial charge in [-0.2, -0.15) is 0 Å². The van der Waals surface area contributed by atoms with Crippen LogP contribution in [0.2, 0.25) is 0 Å². The molecule has 1 rings (SSSR count). The molecule has 2 N–H and O–H groups in total. The fraction of sp³-hybridized carbons (Fsp3) is 0.417. The molecule has 1 heterocycles. The largest absolute Gasteiger partial charge is 0.469 e. The molecule has 7 nitrogen and oxygen atoms in total. The molecule has 0 aliphatic rings. The first-order chi connectivity index (χ1) is 9.27. The topological polar surface area (TPSA) is 101 Å². The normalized spacial score (nSPS) is 13.4. The van der Waals surface area contributed by atoms with Crippen LogP contribution in [0.1, 0.15) is 23.8 Å². The lowest BCUT2D eigenvalue weighted by atomic mass is 9.97. The van der Waals surface area contributed by atoms with Crippen molar-refractivity contribution < 1.29 is 23.9 Å². The van der Waals surface area contributed by atoms with Crippen LogP contribution >= 0.6 is 15.9 Å². The Balaban J connectivity index is 3.45. The van der Waals surface area contributed by atoms with Crippen molar-refractivity contribution in [2.45, 2.75) is 18.9 Å². The lowest BCUT2D eigenvalue weighted by Crippen LogP contribution is -2.44. The van der Waals surface area contributed by atoms with Crippen LogP contribution in [0.3, 0.4) is 0 Å². The standard InChI is InChI=1S/C12H15BrN2O5/c1-12(11(18)20-3,6-9(16)19-2)15-7(10(14)17)4-5-8(15)13/h4-5H,6H2,1-3H3,(H2,14,17)/t12-/m0/s1. The van der Waals surface area contributed by atoms with Gasteiger partial charge < -0.3 is 19.8 Å². The molecule has 0 bridgehead atoms. The fourth-order valence-electron chi connectivity index (χ4n) is 1.92. The molecule has 0 saturated heterocycles. The number of primary amides is 1. The lowest BCUT2D eigenvalue weighted by Gasteiger charge is -2.29. The van der Waals surface area contributed by atoms with E-state index in [1.54, 1.807) is 6.07 Å². The number of amides is 1. The second-order valence-corrected chi connectivity index (χ2v) is 5.07. The van der Waals surface area contributed by atoms with Gasteiger partial charge in [0.05, 0.1) is 25.2 Å². The quantitative estimate of drug-likeness (QED) is 0.794. The highest BCUT2D eigenvalue weighted by atomic mass is 79.9. The Morgan fingerprint density at radius 3 is 2.35 bits per heavy atom. The number of rotatable bonds is 5. The predicted molar refractivity (Wildman–Crippen MR) is 72.9 cm³/mol. The zero-order valence-corrected chi connectivity index (χ0v) is 12.9. The molecule has 0 aliphatic carbocycles. The van der Waals surface area contributed by atoms with Gasteiger partial charge in [-0.3, -0.25) is 9.59 Å². The summed E-state index contributed by atoms with van der Waals surface area (Å²) < 4.78 is 11.1. The number of hydrogen-bond donors (Lipinski definition) is 1. The van der Waals surface area contributed by atoms with E-state index in [1.165, 1.54) is 31.8 Å². The number of aromatic nitrogens is 1. The number of hydrogen-bond acceptors (Lipinski definition) is 5. The van der Waals surface area contributed by atoms with Crippen LogP contribution in [-0.4, -0.2) is 36.6 Å². The third kappa shape index (κ3) is 2.84. The maximum Gasteiger partial charge on any atom is 0.332 e. The molecule has 1 aromatic heterocycles. The summed E-state index contributed by atoms with van der Waals surface area (Å²) in [6.45, 7) is 1.47. The van der Waals surface area contributed by atoms with Gasteiger partial charge >= 0.3 is 11.9 Å². The zero-order valence-electron chi connectivity index (χ0n) is 11.3. The first kappa shape index (κ1) is 16.2. The van der Waals surface area contributed by atoms with Crippen LogP contribution in [-0.2, 0) is 24.6 Å². The predicted octanol–water partition coefficient (Wildman–Crippen LogP) is 0.801. The molecular formula is C12H15BrN2O5. The van der Waals surface area contributed by atoms with Crippen LogP contribution in [0.5, 0.6) is 0 Å². The molecule has 20 heavy (non-hydrogen) atoms. The smallest absolute Gasteiger partial charge is 0.332 e. The Kier molecular flexibility index (Phi) is 4.93. The molecule has 0 fully saturated rings. The van der Waals surface area contributed by atoms with Crippen molar-refractivity contribution in [3.63, 3.8) is 0 Å². The van der Waals surface area contributed by atoms with E-state index in [4.69, 9.17) is 10.5 Å². The second-order valence-electron chi connectivity index (χ2n) is 4.26. The van der Waals surface area contributed by atoms with Gasteiger partial charge in [-0.05, 0) is 35.0 Å². The van der Waals surface area contributed by atoms with Gasteiger partial charge in [0.25, 0.3) is 5.91 Å². The van der Waals surface area contributed by atoms with E-state index in [1.807, 2.05) is 0 Å². The van der Waals surface area contributed by atoms with E-state index in [0.717, 1.165) is 0 Å². The Bertz CT molecular complexity index is 554. The maximum absolute atomic E-state index is 12.1. The molecular weight excluding hydrogens is 332 g/mol. The third-order valence-corrected chi connectivity index (χ3v) is 3.54. The summed E-state index contributed by atoms with van der Waals surface area (Å²) in [7, 11) is 2.40. The van der Waals surface area contributed by atoms with Gasteiger partial charge in [0.15, 0.2) is 5.54 Å². The van der Waals surface area contributed by atoms with Crippen LogP contribution in [0, 0.1) is 0 Å². The fourth-order valence-corrected chi connectivity index (χ4v) is 2.64. The number of carbonyl (C=O) groups is 3. The highest BCUT2D eigenvalue weighted by Gasteiger charge is 2.42. The van der Waals surface area contributed by atoms with Crippen molar-refractivity contribution >= 4 is 33.8 Å². The van der Waals surface area contributed by atoms with Gasteiger partial charge in [0, 0.05) is 0 Å². The third-order valence-electron chi connectivity index (χ3n) is 2.92. The number of halogens is 1. The summed E-state index contributed by atoms with van der Waals surface area (Å²) >= 11 is 3.23. The average Bonchev–Trinajstić information content (AvgIpc) is 2.79. The minimum absolute atomic E-state index is 0.0775. The van der Waals surface area contributed by atoms with Gasteiger partial charge in [0.1, 0.15) is 5.69 Å². The molecule has 1 atom stereocenters. The van der Waals surface area contributed by atoms with E-state index in [9.17, 15) is 14.4 Å². The number of ether oxygens (including phenoxy) is 2. The van der Waals surface area contributed by atoms with Crippen molar-refractivity contribution in [1.82, 2.24) is 4.57 Å². The van der Waals surface area contributed by atoms with Crippen LogP contribution in [0.4, 0.5) is 0 Å². The summed E-state index contributed by atoms with van der Waals surface area (Å²) in [6, 6.07) is 3.00. The number of esters is 2. The van der Waals surface area contributed by atoms with Crippen molar-refractivity contribution in [2.24, 2.45) is 5.73 Å².